The Kier molecular flexibility index (Phi) is 6.32. The Hall–Kier alpha value is -2.53. The van der Waals surface area contributed by atoms with E-state index in [0.717, 1.165) is 37.9 Å². The van der Waals surface area contributed by atoms with E-state index in [9.17, 15) is 9.59 Å². The number of carbonyl (C=O) groups is 2. The molecule has 0 unspecified atom stereocenters. The molecule has 0 bridgehead atoms. The van der Waals surface area contributed by atoms with Gasteiger partial charge in [0, 0.05) is 33.0 Å². The predicted molar refractivity (Wildman–Crippen MR) is 131 cm³/mol. The van der Waals surface area contributed by atoms with Crippen molar-refractivity contribution in [2.75, 3.05) is 13.7 Å². The fourth-order valence-electron chi connectivity index (χ4n) is 7.51. The van der Waals surface area contributed by atoms with Crippen LogP contribution in [-0.4, -0.2) is 31.7 Å². The van der Waals surface area contributed by atoms with Gasteiger partial charge >= 0.3 is 5.97 Å². The van der Waals surface area contributed by atoms with Gasteiger partial charge in [-0.15, -0.1) is 0 Å². The molecule has 1 aromatic carbocycles. The van der Waals surface area contributed by atoms with Gasteiger partial charge < -0.3 is 9.57 Å². The van der Waals surface area contributed by atoms with Crippen LogP contribution in [0.4, 0.5) is 0 Å². The minimum absolute atomic E-state index is 0.260. The van der Waals surface area contributed by atoms with Crippen LogP contribution in [-0.2, 0) is 19.2 Å². The summed E-state index contributed by atoms with van der Waals surface area (Å²) in [6.07, 6.45) is 10.9. The number of fused-ring (bicyclic) bond motifs is 4. The number of allylic oxidation sites excluding steroid dienone is 4. The summed E-state index contributed by atoms with van der Waals surface area (Å²) in [5.74, 6) is 2.10. The highest BCUT2D eigenvalue weighted by Gasteiger charge is 2.56. The average Bonchev–Trinajstić information content (AvgIpc) is 3.14. The van der Waals surface area contributed by atoms with Crippen molar-refractivity contribution in [3.63, 3.8) is 0 Å². The van der Waals surface area contributed by atoms with Gasteiger partial charge in [-0.1, -0.05) is 41.9 Å². The third kappa shape index (κ3) is 4.08. The fraction of sp³-hybridized carbons (Fsp3) is 0.552. The van der Waals surface area contributed by atoms with Gasteiger partial charge in [0.2, 0.25) is 0 Å². The van der Waals surface area contributed by atoms with Crippen LogP contribution in [0.1, 0.15) is 75.8 Å². The number of oxime groups is 1. The van der Waals surface area contributed by atoms with Gasteiger partial charge in [-0.05, 0) is 90.0 Å². The number of hydrogen-bond donors (Lipinski definition) is 0. The minimum atomic E-state index is -0.424. The van der Waals surface area contributed by atoms with E-state index in [-0.39, 0.29) is 11.2 Å². The average molecular weight is 462 g/mol. The van der Waals surface area contributed by atoms with E-state index < -0.39 is 5.97 Å². The normalized spacial score (nSPS) is 32.8. The molecule has 5 heteroatoms. The second kappa shape index (κ2) is 9.26. The Bertz CT molecular complexity index is 1070. The molecule has 0 aliphatic heterocycles. The Balaban J connectivity index is 1.54. The van der Waals surface area contributed by atoms with Crippen LogP contribution < -0.4 is 0 Å². The molecule has 34 heavy (non-hydrogen) atoms. The van der Waals surface area contributed by atoms with Crippen LogP contribution in [0.3, 0.4) is 0 Å². The number of methoxy groups -OCH3 is 1. The van der Waals surface area contributed by atoms with Gasteiger partial charge in [-0.2, -0.15) is 0 Å². The van der Waals surface area contributed by atoms with E-state index in [1.165, 1.54) is 36.5 Å². The van der Waals surface area contributed by atoms with Crippen molar-refractivity contribution in [2.24, 2.45) is 28.3 Å². The lowest BCUT2D eigenvalue weighted by Gasteiger charge is -2.52. The van der Waals surface area contributed by atoms with Crippen LogP contribution in [0.25, 0.3) is 0 Å². The SMILES string of the molecule is COC[C@H]1CC[C@H]2[C@@H]3CCC4=CC(=O)CCC4=C3[C@@H](c3ccc(C=NOC(C)=O)cc3)C[C@]12C. The largest absolute Gasteiger partial charge is 0.384 e. The fourth-order valence-corrected chi connectivity index (χ4v) is 7.51. The molecular weight excluding hydrogens is 426 g/mol. The van der Waals surface area contributed by atoms with Crippen LogP contribution in [0.2, 0.25) is 0 Å². The summed E-state index contributed by atoms with van der Waals surface area (Å²) in [6.45, 7) is 4.69. The van der Waals surface area contributed by atoms with Crippen molar-refractivity contribution in [3.8, 4) is 0 Å². The zero-order valence-corrected chi connectivity index (χ0v) is 20.5. The van der Waals surface area contributed by atoms with Crippen molar-refractivity contribution in [1.29, 1.82) is 0 Å². The second-order valence-electron chi connectivity index (χ2n) is 10.8. The first kappa shape index (κ1) is 23.2. The smallest absolute Gasteiger partial charge is 0.331 e. The lowest BCUT2D eigenvalue weighted by Crippen LogP contribution is -2.44. The van der Waals surface area contributed by atoms with E-state index in [0.29, 0.717) is 30.1 Å². The van der Waals surface area contributed by atoms with E-state index >= 15 is 0 Å². The molecule has 0 radical (unpaired) electrons. The number of ketones is 1. The first-order chi connectivity index (χ1) is 16.4. The molecule has 5 rings (SSSR count). The van der Waals surface area contributed by atoms with E-state index in [4.69, 9.17) is 9.57 Å². The maximum Gasteiger partial charge on any atom is 0.331 e. The number of benzene rings is 1. The molecule has 0 saturated heterocycles. The van der Waals surface area contributed by atoms with Crippen LogP contribution in [0, 0.1) is 23.2 Å². The molecule has 0 aromatic heterocycles. The molecule has 2 saturated carbocycles. The number of nitrogens with zero attached hydrogens (tertiary/aromatic N) is 1. The van der Waals surface area contributed by atoms with Gasteiger partial charge in [-0.25, -0.2) is 4.79 Å². The summed E-state index contributed by atoms with van der Waals surface area (Å²) < 4.78 is 5.68. The van der Waals surface area contributed by atoms with Gasteiger partial charge in [-0.3, -0.25) is 4.79 Å². The Morgan fingerprint density at radius 3 is 2.68 bits per heavy atom. The highest BCUT2D eigenvalue weighted by molar-refractivity contribution is 5.93. The molecule has 2 fully saturated rings. The summed E-state index contributed by atoms with van der Waals surface area (Å²) in [4.78, 5) is 27.9. The minimum Gasteiger partial charge on any atom is -0.384 e. The summed E-state index contributed by atoms with van der Waals surface area (Å²) in [5, 5.41) is 3.76. The number of rotatable bonds is 5. The van der Waals surface area contributed by atoms with Crippen LogP contribution in [0.5, 0.6) is 0 Å². The van der Waals surface area contributed by atoms with E-state index in [1.807, 2.05) is 13.2 Å². The maximum atomic E-state index is 12.2. The van der Waals surface area contributed by atoms with Crippen LogP contribution in [0.15, 0.2) is 52.2 Å². The maximum absolute atomic E-state index is 12.2. The highest BCUT2D eigenvalue weighted by atomic mass is 16.7. The van der Waals surface area contributed by atoms with Gasteiger partial charge in [0.15, 0.2) is 5.78 Å². The molecule has 5 nitrogen and oxygen atoms in total. The van der Waals surface area contributed by atoms with E-state index in [1.54, 1.807) is 11.8 Å². The summed E-state index contributed by atoms with van der Waals surface area (Å²) >= 11 is 0. The third-order valence-electron chi connectivity index (χ3n) is 9.02. The zero-order chi connectivity index (χ0) is 23.9. The lowest BCUT2D eigenvalue weighted by molar-refractivity contribution is -0.140. The molecule has 0 heterocycles. The topological polar surface area (TPSA) is 65.0 Å². The molecule has 5 atom stereocenters. The molecule has 4 aliphatic rings. The first-order valence-electron chi connectivity index (χ1n) is 12.7. The Labute approximate surface area is 202 Å². The van der Waals surface area contributed by atoms with Gasteiger partial charge in [0.25, 0.3) is 0 Å². The van der Waals surface area contributed by atoms with Crippen molar-refractivity contribution in [2.45, 2.75) is 64.7 Å². The lowest BCUT2D eigenvalue weighted by atomic mass is 9.52. The van der Waals surface area contributed by atoms with Crippen molar-refractivity contribution in [3.05, 3.63) is 58.2 Å². The van der Waals surface area contributed by atoms with Crippen LogP contribution >= 0.6 is 0 Å². The molecule has 0 spiro atoms. The first-order valence-corrected chi connectivity index (χ1v) is 12.7. The van der Waals surface area contributed by atoms with E-state index in [2.05, 4.69) is 36.3 Å². The van der Waals surface area contributed by atoms with Crippen molar-refractivity contribution in [1.82, 2.24) is 0 Å². The molecular formula is C29H35NO4. The third-order valence-corrected chi connectivity index (χ3v) is 9.02. The number of carbonyl (C=O) groups excluding carboxylic acids is 2. The zero-order valence-electron chi connectivity index (χ0n) is 20.5. The molecule has 1 aromatic rings. The monoisotopic (exact) mass is 461 g/mol. The molecule has 180 valence electrons. The quantitative estimate of drug-likeness (QED) is 0.318. The van der Waals surface area contributed by atoms with Crippen molar-refractivity contribution >= 4 is 18.0 Å². The number of ether oxygens (including phenoxy) is 1. The van der Waals surface area contributed by atoms with Gasteiger partial charge in [0.1, 0.15) is 0 Å². The standard InChI is InChI=1S/C29H35NO4/c1-18(31)34-30-16-19-4-6-20(7-5-19)26-15-29(2)22(17-33-3)9-13-27(29)25-11-8-21-14-23(32)10-12-24(21)28(25)26/h4-7,14,16,22,25-27H,8-13,15,17H2,1-3H3/t22-,25+,26-,27+,29-/m1/s1. The highest BCUT2D eigenvalue weighted by Crippen LogP contribution is 2.65. The molecule has 4 aliphatic carbocycles. The van der Waals surface area contributed by atoms with Gasteiger partial charge in [0.05, 0.1) is 6.21 Å². The number of hydrogen-bond acceptors (Lipinski definition) is 5. The second-order valence-corrected chi connectivity index (χ2v) is 10.8. The summed E-state index contributed by atoms with van der Waals surface area (Å²) in [7, 11) is 1.83. The molecule has 0 amide bonds. The Morgan fingerprint density at radius 2 is 1.94 bits per heavy atom. The predicted octanol–water partition coefficient (Wildman–Crippen LogP) is 5.75. The Morgan fingerprint density at radius 1 is 1.15 bits per heavy atom. The molecule has 0 N–H and O–H groups in total. The van der Waals surface area contributed by atoms with Crippen molar-refractivity contribution < 1.29 is 19.2 Å². The summed E-state index contributed by atoms with van der Waals surface area (Å²) in [5.41, 5.74) is 6.90. The summed E-state index contributed by atoms with van der Waals surface area (Å²) in [6, 6.07) is 8.53.